The molecule has 0 aromatic heterocycles. The highest BCUT2D eigenvalue weighted by Gasteiger charge is 2.21. The highest BCUT2D eigenvalue weighted by atomic mass is 35.5. The van der Waals surface area contributed by atoms with Gasteiger partial charge >= 0.3 is 0 Å². The number of rotatable bonds is 3. The topological polar surface area (TPSA) is 38.0 Å². The molecule has 3 N–H and O–H groups in total. The second-order valence-electron chi connectivity index (χ2n) is 5.03. The summed E-state index contributed by atoms with van der Waals surface area (Å²) in [4.78, 5) is 0. The smallest absolute Gasteiger partial charge is 0.128 e. The Bertz CT molecular complexity index is 617. The zero-order valence-corrected chi connectivity index (χ0v) is 12.6. The molecule has 2 rings (SSSR count). The summed E-state index contributed by atoms with van der Waals surface area (Å²) in [5, 5.41) is 0.646. The first-order chi connectivity index (χ1) is 9.45. The highest BCUT2D eigenvalue weighted by Crippen LogP contribution is 2.31. The quantitative estimate of drug-likeness (QED) is 0.664. The Morgan fingerprint density at radius 3 is 2.50 bits per heavy atom. The first-order valence-electron chi connectivity index (χ1n) is 6.43. The first kappa shape index (κ1) is 15.0. The van der Waals surface area contributed by atoms with Crippen molar-refractivity contribution in [2.45, 2.75) is 26.8 Å². The molecular weight excluding hydrogens is 275 g/mol. The first-order valence-corrected chi connectivity index (χ1v) is 6.81. The summed E-state index contributed by atoms with van der Waals surface area (Å²) >= 11 is 6.14. The third-order valence-electron chi connectivity index (χ3n) is 3.56. The lowest BCUT2D eigenvalue weighted by Gasteiger charge is -2.22. The number of nitrogens with two attached hydrogens (primary N) is 1. The summed E-state index contributed by atoms with van der Waals surface area (Å²) in [6, 6.07) is 8.61. The van der Waals surface area contributed by atoms with Crippen LogP contribution in [0, 0.1) is 26.6 Å². The van der Waals surface area contributed by atoms with Gasteiger partial charge in [-0.25, -0.2) is 9.82 Å². The SMILES string of the molecule is Cc1cc(C)c(C(NN)c2cccc(Cl)c2C)c(F)c1. The molecule has 0 heterocycles. The van der Waals surface area contributed by atoms with Crippen molar-refractivity contribution >= 4 is 11.6 Å². The van der Waals surface area contributed by atoms with Crippen molar-refractivity contribution in [2.24, 2.45) is 5.84 Å². The van der Waals surface area contributed by atoms with Gasteiger partial charge in [0.15, 0.2) is 0 Å². The average molecular weight is 293 g/mol. The summed E-state index contributed by atoms with van der Waals surface area (Å²) in [6.45, 7) is 5.66. The monoisotopic (exact) mass is 292 g/mol. The molecule has 0 saturated heterocycles. The van der Waals surface area contributed by atoms with Crippen molar-refractivity contribution in [2.75, 3.05) is 0 Å². The molecule has 0 aliphatic rings. The molecule has 0 aliphatic carbocycles. The van der Waals surface area contributed by atoms with Gasteiger partial charge in [-0.1, -0.05) is 29.8 Å². The van der Waals surface area contributed by atoms with Crippen LogP contribution in [0.5, 0.6) is 0 Å². The van der Waals surface area contributed by atoms with Crippen LogP contribution < -0.4 is 11.3 Å². The van der Waals surface area contributed by atoms with Gasteiger partial charge in [0.2, 0.25) is 0 Å². The van der Waals surface area contributed by atoms with Crippen LogP contribution in [-0.4, -0.2) is 0 Å². The molecule has 4 heteroatoms. The maximum absolute atomic E-state index is 14.3. The Morgan fingerprint density at radius 2 is 1.90 bits per heavy atom. The molecule has 2 aromatic carbocycles. The van der Waals surface area contributed by atoms with Crippen molar-refractivity contribution in [1.82, 2.24) is 5.43 Å². The van der Waals surface area contributed by atoms with E-state index in [1.807, 2.05) is 45.0 Å². The fourth-order valence-corrected chi connectivity index (χ4v) is 2.74. The molecule has 1 unspecified atom stereocenters. The van der Waals surface area contributed by atoms with E-state index in [0.717, 1.165) is 22.3 Å². The van der Waals surface area contributed by atoms with Crippen molar-refractivity contribution in [3.05, 3.63) is 69.0 Å². The third-order valence-corrected chi connectivity index (χ3v) is 3.97. The Labute approximate surface area is 123 Å². The number of benzene rings is 2. The van der Waals surface area contributed by atoms with Crippen molar-refractivity contribution in [1.29, 1.82) is 0 Å². The van der Waals surface area contributed by atoms with Gasteiger partial charge < -0.3 is 0 Å². The normalized spacial score (nSPS) is 12.5. The minimum Gasteiger partial charge on any atom is -0.271 e. The van der Waals surface area contributed by atoms with Gasteiger partial charge in [-0.2, -0.15) is 0 Å². The van der Waals surface area contributed by atoms with Crippen molar-refractivity contribution in [3.63, 3.8) is 0 Å². The summed E-state index contributed by atoms with van der Waals surface area (Å²) in [5.74, 6) is 5.41. The minimum atomic E-state index is -0.422. The molecule has 20 heavy (non-hydrogen) atoms. The molecule has 0 saturated carbocycles. The lowest BCUT2D eigenvalue weighted by atomic mass is 9.91. The fourth-order valence-electron chi connectivity index (χ4n) is 2.56. The van der Waals surface area contributed by atoms with Crippen LogP contribution in [0.3, 0.4) is 0 Å². The standard InChI is InChI=1S/C16H18ClFN2/c1-9-7-10(2)15(14(18)8-9)16(20-19)12-5-4-6-13(17)11(12)3/h4-8,16,20H,19H2,1-3H3. The minimum absolute atomic E-state index is 0.259. The molecule has 2 nitrogen and oxygen atoms in total. The van der Waals surface area contributed by atoms with Crippen LogP contribution in [-0.2, 0) is 0 Å². The van der Waals surface area contributed by atoms with Crippen LogP contribution in [0.4, 0.5) is 4.39 Å². The van der Waals surface area contributed by atoms with Gasteiger partial charge in [0.25, 0.3) is 0 Å². The number of hydrazine groups is 1. The fraction of sp³-hybridized carbons (Fsp3) is 0.250. The Kier molecular flexibility index (Phi) is 4.43. The number of hydrogen-bond donors (Lipinski definition) is 2. The largest absolute Gasteiger partial charge is 0.271 e. The predicted octanol–water partition coefficient (Wildman–Crippen LogP) is 3.96. The van der Waals surface area contributed by atoms with Crippen LogP contribution in [0.1, 0.15) is 33.9 Å². The van der Waals surface area contributed by atoms with E-state index >= 15 is 0 Å². The van der Waals surface area contributed by atoms with E-state index in [2.05, 4.69) is 5.43 Å². The number of hydrogen-bond acceptors (Lipinski definition) is 2. The maximum atomic E-state index is 14.3. The molecule has 1 atom stereocenters. The molecule has 0 amide bonds. The molecule has 2 aromatic rings. The van der Waals surface area contributed by atoms with Crippen molar-refractivity contribution in [3.8, 4) is 0 Å². The molecule has 0 fully saturated rings. The Balaban J connectivity index is 2.62. The molecule has 106 valence electrons. The van der Waals surface area contributed by atoms with E-state index < -0.39 is 6.04 Å². The summed E-state index contributed by atoms with van der Waals surface area (Å²) in [7, 11) is 0. The van der Waals surface area contributed by atoms with Crippen LogP contribution in [0.2, 0.25) is 5.02 Å². The summed E-state index contributed by atoms with van der Waals surface area (Å²) in [5.41, 5.74) is 6.80. The van der Waals surface area contributed by atoms with E-state index in [4.69, 9.17) is 17.4 Å². The predicted molar refractivity (Wildman–Crippen MR) is 81.2 cm³/mol. The summed E-state index contributed by atoms with van der Waals surface area (Å²) in [6.07, 6.45) is 0. The third kappa shape index (κ3) is 2.70. The molecule has 0 aliphatic heterocycles. The van der Waals surface area contributed by atoms with E-state index in [1.165, 1.54) is 6.07 Å². The van der Waals surface area contributed by atoms with Crippen LogP contribution in [0.15, 0.2) is 30.3 Å². The average Bonchev–Trinajstić information content (AvgIpc) is 2.37. The molecule has 0 spiro atoms. The van der Waals surface area contributed by atoms with Crippen molar-refractivity contribution < 1.29 is 4.39 Å². The lowest BCUT2D eigenvalue weighted by molar-refractivity contribution is 0.555. The van der Waals surface area contributed by atoms with E-state index in [9.17, 15) is 4.39 Å². The zero-order valence-electron chi connectivity index (χ0n) is 11.8. The van der Waals surface area contributed by atoms with Gasteiger partial charge in [-0.15, -0.1) is 0 Å². The van der Waals surface area contributed by atoms with E-state index in [0.29, 0.717) is 10.6 Å². The molecule has 0 radical (unpaired) electrons. The number of nitrogens with one attached hydrogen (secondary N) is 1. The van der Waals surface area contributed by atoms with Gasteiger partial charge in [0, 0.05) is 10.6 Å². The second kappa shape index (κ2) is 5.92. The zero-order chi connectivity index (χ0) is 14.9. The number of halogens is 2. The van der Waals surface area contributed by atoms with Crippen LogP contribution in [0.25, 0.3) is 0 Å². The molecule has 0 bridgehead atoms. The van der Waals surface area contributed by atoms with Gasteiger partial charge in [0.1, 0.15) is 5.82 Å². The Hall–Kier alpha value is -1.42. The summed E-state index contributed by atoms with van der Waals surface area (Å²) < 4.78 is 14.3. The van der Waals surface area contributed by atoms with Gasteiger partial charge in [0.05, 0.1) is 6.04 Å². The van der Waals surface area contributed by atoms with Gasteiger partial charge in [-0.3, -0.25) is 5.84 Å². The molecular formula is C16H18ClFN2. The van der Waals surface area contributed by atoms with E-state index in [-0.39, 0.29) is 5.82 Å². The highest BCUT2D eigenvalue weighted by molar-refractivity contribution is 6.31. The van der Waals surface area contributed by atoms with E-state index in [1.54, 1.807) is 0 Å². The lowest BCUT2D eigenvalue weighted by Crippen LogP contribution is -2.30. The van der Waals surface area contributed by atoms with Crippen LogP contribution >= 0.6 is 11.6 Å². The number of aryl methyl sites for hydroxylation is 2. The van der Waals surface area contributed by atoms with Gasteiger partial charge in [-0.05, 0) is 55.2 Å². The maximum Gasteiger partial charge on any atom is 0.128 e. The second-order valence-corrected chi connectivity index (χ2v) is 5.44. The Morgan fingerprint density at radius 1 is 1.20 bits per heavy atom.